The maximum atomic E-state index is 5.77. The third kappa shape index (κ3) is 1.68. The predicted molar refractivity (Wildman–Crippen MR) is 66.8 cm³/mol. The molecule has 0 saturated carbocycles. The van der Waals surface area contributed by atoms with Crippen LogP contribution in [0.2, 0.25) is 0 Å². The van der Waals surface area contributed by atoms with Gasteiger partial charge in [-0.15, -0.1) is 0 Å². The van der Waals surface area contributed by atoms with Gasteiger partial charge in [-0.2, -0.15) is 0 Å². The molecule has 1 aromatic carbocycles. The fraction of sp³-hybridized carbons (Fsp3) is 0.417. The van der Waals surface area contributed by atoms with Gasteiger partial charge in [-0.05, 0) is 30.4 Å². The summed E-state index contributed by atoms with van der Waals surface area (Å²) < 4.78 is 6.66. The first kappa shape index (κ1) is 10.1. The van der Waals surface area contributed by atoms with E-state index in [2.05, 4.69) is 17.1 Å². The second kappa shape index (κ2) is 4.03. The summed E-state index contributed by atoms with van der Waals surface area (Å²) in [5.41, 5.74) is 8.20. The first-order chi connectivity index (χ1) is 7.84. The number of nitrogen functional groups attached to an aromatic ring is 1. The van der Waals surface area contributed by atoms with Gasteiger partial charge >= 0.3 is 0 Å². The number of nitrogens with two attached hydrogens (primary N) is 1. The van der Waals surface area contributed by atoms with Gasteiger partial charge in [0.15, 0.2) is 5.13 Å². The number of benzene rings is 1. The molecule has 0 radical (unpaired) electrons. The van der Waals surface area contributed by atoms with Crippen molar-refractivity contribution in [3.05, 3.63) is 23.8 Å². The van der Waals surface area contributed by atoms with Crippen LogP contribution in [0.25, 0.3) is 10.2 Å². The number of aromatic nitrogens is 1. The molecule has 0 atom stereocenters. The van der Waals surface area contributed by atoms with E-state index >= 15 is 0 Å². The van der Waals surface area contributed by atoms with E-state index in [0.717, 1.165) is 31.6 Å². The van der Waals surface area contributed by atoms with Gasteiger partial charge < -0.3 is 10.5 Å². The SMILES string of the molecule is Nc1nc2cccc(C3CCOCC3)c2s1. The summed E-state index contributed by atoms with van der Waals surface area (Å²) in [5, 5.41) is 0.662. The molecule has 0 aliphatic carbocycles. The van der Waals surface area contributed by atoms with Crippen molar-refractivity contribution in [2.75, 3.05) is 18.9 Å². The molecule has 1 fully saturated rings. The van der Waals surface area contributed by atoms with E-state index in [-0.39, 0.29) is 0 Å². The molecular formula is C12H14N2OS. The van der Waals surface area contributed by atoms with Crippen LogP contribution < -0.4 is 5.73 Å². The van der Waals surface area contributed by atoms with Gasteiger partial charge in [0.2, 0.25) is 0 Å². The van der Waals surface area contributed by atoms with Crippen molar-refractivity contribution in [2.24, 2.45) is 0 Å². The molecule has 2 N–H and O–H groups in total. The van der Waals surface area contributed by atoms with Crippen LogP contribution in [0.3, 0.4) is 0 Å². The van der Waals surface area contributed by atoms with Crippen molar-refractivity contribution < 1.29 is 4.74 Å². The Labute approximate surface area is 98.2 Å². The molecule has 1 saturated heterocycles. The summed E-state index contributed by atoms with van der Waals surface area (Å²) in [7, 11) is 0. The Morgan fingerprint density at radius 3 is 2.94 bits per heavy atom. The third-order valence-corrected chi connectivity index (χ3v) is 4.07. The van der Waals surface area contributed by atoms with Crippen LogP contribution in [0.4, 0.5) is 5.13 Å². The Morgan fingerprint density at radius 1 is 1.31 bits per heavy atom. The van der Waals surface area contributed by atoms with Crippen molar-refractivity contribution in [1.29, 1.82) is 0 Å². The molecule has 4 heteroatoms. The molecular weight excluding hydrogens is 220 g/mol. The Bertz CT molecular complexity index is 503. The van der Waals surface area contributed by atoms with Gasteiger partial charge in [-0.3, -0.25) is 0 Å². The van der Waals surface area contributed by atoms with Crippen LogP contribution >= 0.6 is 11.3 Å². The van der Waals surface area contributed by atoms with Crippen molar-refractivity contribution in [1.82, 2.24) is 4.98 Å². The van der Waals surface area contributed by atoms with Crippen molar-refractivity contribution >= 4 is 26.7 Å². The maximum Gasteiger partial charge on any atom is 0.181 e. The molecule has 3 rings (SSSR count). The molecule has 1 aromatic heterocycles. The molecule has 3 nitrogen and oxygen atoms in total. The number of ether oxygens (including phenoxy) is 1. The topological polar surface area (TPSA) is 48.1 Å². The molecule has 84 valence electrons. The standard InChI is InChI=1S/C12H14N2OS/c13-12-14-10-3-1-2-9(11(10)16-12)8-4-6-15-7-5-8/h1-3,8H,4-7H2,(H2,13,14). The largest absolute Gasteiger partial charge is 0.381 e. The molecule has 0 bridgehead atoms. The number of thiazole rings is 1. The van der Waals surface area contributed by atoms with Gasteiger partial charge in [-0.1, -0.05) is 23.5 Å². The van der Waals surface area contributed by atoms with E-state index in [1.54, 1.807) is 11.3 Å². The molecule has 1 aliphatic rings. The Morgan fingerprint density at radius 2 is 2.12 bits per heavy atom. The second-order valence-corrected chi connectivity index (χ2v) is 5.16. The highest BCUT2D eigenvalue weighted by Gasteiger charge is 2.19. The van der Waals surface area contributed by atoms with Gasteiger partial charge in [0.1, 0.15) is 0 Å². The lowest BCUT2D eigenvalue weighted by molar-refractivity contribution is 0.0856. The molecule has 0 unspecified atom stereocenters. The van der Waals surface area contributed by atoms with Gasteiger partial charge in [0.25, 0.3) is 0 Å². The van der Waals surface area contributed by atoms with Crippen LogP contribution in [-0.4, -0.2) is 18.2 Å². The van der Waals surface area contributed by atoms with E-state index in [9.17, 15) is 0 Å². The highest BCUT2D eigenvalue weighted by Crippen LogP contribution is 2.35. The van der Waals surface area contributed by atoms with E-state index in [1.807, 2.05) is 6.07 Å². The fourth-order valence-electron chi connectivity index (χ4n) is 2.32. The first-order valence-electron chi connectivity index (χ1n) is 5.57. The number of rotatable bonds is 1. The van der Waals surface area contributed by atoms with Crippen molar-refractivity contribution in [3.63, 3.8) is 0 Å². The Hall–Kier alpha value is -1.13. The monoisotopic (exact) mass is 234 g/mol. The minimum atomic E-state index is 0.609. The van der Waals surface area contributed by atoms with Crippen LogP contribution in [0.15, 0.2) is 18.2 Å². The van der Waals surface area contributed by atoms with Gasteiger partial charge in [0, 0.05) is 13.2 Å². The lowest BCUT2D eigenvalue weighted by Crippen LogP contribution is -2.14. The molecule has 1 aliphatic heterocycles. The molecule has 0 spiro atoms. The Kier molecular flexibility index (Phi) is 2.53. The average Bonchev–Trinajstić information content (AvgIpc) is 2.70. The maximum absolute atomic E-state index is 5.77. The van der Waals surface area contributed by atoms with E-state index in [1.165, 1.54) is 10.3 Å². The summed E-state index contributed by atoms with van der Waals surface area (Å²) >= 11 is 1.60. The van der Waals surface area contributed by atoms with Crippen LogP contribution in [0.5, 0.6) is 0 Å². The number of hydrogen-bond acceptors (Lipinski definition) is 4. The summed E-state index contributed by atoms with van der Waals surface area (Å²) in [6, 6.07) is 6.31. The number of fused-ring (bicyclic) bond motifs is 1. The van der Waals surface area contributed by atoms with Crippen molar-refractivity contribution in [3.8, 4) is 0 Å². The highest BCUT2D eigenvalue weighted by atomic mass is 32.1. The minimum Gasteiger partial charge on any atom is -0.381 e. The van der Waals surface area contributed by atoms with Gasteiger partial charge in [-0.25, -0.2) is 4.98 Å². The van der Waals surface area contributed by atoms with Crippen molar-refractivity contribution in [2.45, 2.75) is 18.8 Å². The summed E-state index contributed by atoms with van der Waals surface area (Å²) in [4.78, 5) is 4.33. The molecule has 2 heterocycles. The smallest absolute Gasteiger partial charge is 0.181 e. The zero-order valence-electron chi connectivity index (χ0n) is 8.98. The van der Waals surface area contributed by atoms with E-state index in [4.69, 9.17) is 10.5 Å². The van der Waals surface area contributed by atoms with Crippen LogP contribution in [0, 0.1) is 0 Å². The lowest BCUT2D eigenvalue weighted by Gasteiger charge is -2.22. The number of anilines is 1. The summed E-state index contributed by atoms with van der Waals surface area (Å²) in [6.45, 7) is 1.74. The highest BCUT2D eigenvalue weighted by molar-refractivity contribution is 7.22. The minimum absolute atomic E-state index is 0.609. The van der Waals surface area contributed by atoms with Gasteiger partial charge in [0.05, 0.1) is 10.2 Å². The molecule has 0 amide bonds. The predicted octanol–water partition coefficient (Wildman–Crippen LogP) is 2.77. The number of nitrogens with zero attached hydrogens (tertiary/aromatic N) is 1. The lowest BCUT2D eigenvalue weighted by atomic mass is 9.91. The van der Waals surface area contributed by atoms with Crippen LogP contribution in [0.1, 0.15) is 24.3 Å². The Balaban J connectivity index is 2.07. The summed E-state index contributed by atoms with van der Waals surface area (Å²) in [6.07, 6.45) is 2.22. The van der Waals surface area contributed by atoms with E-state index < -0.39 is 0 Å². The second-order valence-electron chi connectivity index (χ2n) is 4.13. The van der Waals surface area contributed by atoms with E-state index in [0.29, 0.717) is 11.0 Å². The zero-order chi connectivity index (χ0) is 11.0. The number of hydrogen-bond donors (Lipinski definition) is 1. The first-order valence-corrected chi connectivity index (χ1v) is 6.39. The summed E-state index contributed by atoms with van der Waals surface area (Å²) in [5.74, 6) is 0.609. The molecule has 16 heavy (non-hydrogen) atoms. The normalized spacial score (nSPS) is 18.0. The molecule has 2 aromatic rings. The average molecular weight is 234 g/mol. The third-order valence-electron chi connectivity index (χ3n) is 3.12. The zero-order valence-corrected chi connectivity index (χ0v) is 9.80. The quantitative estimate of drug-likeness (QED) is 0.825. The van der Waals surface area contributed by atoms with Crippen LogP contribution in [-0.2, 0) is 4.74 Å². The fourth-order valence-corrected chi connectivity index (χ4v) is 3.24.